The number of hydrogen-bond donors (Lipinski definition) is 1. The van der Waals surface area contributed by atoms with Gasteiger partial charge in [-0.05, 0) is 23.8 Å². The van der Waals surface area contributed by atoms with Crippen LogP contribution in [0.4, 0.5) is 0 Å². The normalized spacial score (nSPS) is 11.3. The van der Waals surface area contributed by atoms with Crippen LogP contribution in [0.25, 0.3) is 0 Å². The van der Waals surface area contributed by atoms with Gasteiger partial charge in [-0.2, -0.15) is 0 Å². The second kappa shape index (κ2) is 9.46. The Morgan fingerprint density at radius 1 is 1.04 bits per heavy atom. The first-order chi connectivity index (χ1) is 10.8. The second-order valence-electron chi connectivity index (χ2n) is 6.80. The number of hydrogen-bond acceptors (Lipinski definition) is 3. The Balaban J connectivity index is 2.34. The van der Waals surface area contributed by atoms with Gasteiger partial charge < -0.3 is 10.1 Å². The number of ketones is 1. The maximum atomic E-state index is 12.1. The van der Waals surface area contributed by atoms with Gasteiger partial charge in [0.2, 0.25) is 5.91 Å². The molecule has 23 heavy (non-hydrogen) atoms. The first-order valence-corrected chi connectivity index (χ1v) is 8.24. The summed E-state index contributed by atoms with van der Waals surface area (Å²) in [6, 6.07) is 7.68. The minimum absolute atomic E-state index is 0.0139. The van der Waals surface area contributed by atoms with Gasteiger partial charge in [-0.1, -0.05) is 45.0 Å². The molecule has 0 saturated heterocycles. The first kappa shape index (κ1) is 19.4. The fraction of sp³-hybridized carbons (Fsp3) is 0.579. The molecule has 0 unspecified atom stereocenters. The summed E-state index contributed by atoms with van der Waals surface area (Å²) < 4.78 is 4.95. The zero-order valence-corrected chi connectivity index (χ0v) is 14.8. The van der Waals surface area contributed by atoms with E-state index in [2.05, 4.69) is 26.1 Å². The fourth-order valence-corrected chi connectivity index (χ4v) is 2.22. The van der Waals surface area contributed by atoms with E-state index in [1.54, 1.807) is 7.11 Å². The fourth-order valence-electron chi connectivity index (χ4n) is 2.22. The largest absolute Gasteiger partial charge is 0.385 e. The Hall–Kier alpha value is -1.68. The predicted molar refractivity (Wildman–Crippen MR) is 92.8 cm³/mol. The lowest BCUT2D eigenvalue weighted by Crippen LogP contribution is -2.25. The van der Waals surface area contributed by atoms with E-state index in [4.69, 9.17) is 4.74 Å². The summed E-state index contributed by atoms with van der Waals surface area (Å²) in [7, 11) is 1.66. The topological polar surface area (TPSA) is 55.4 Å². The minimum atomic E-state index is -0.0675. The van der Waals surface area contributed by atoms with Crippen LogP contribution >= 0.6 is 0 Å². The molecule has 1 amide bonds. The van der Waals surface area contributed by atoms with Gasteiger partial charge in [0.05, 0.1) is 0 Å². The standard InChI is InChI=1S/C19H29NO3/c1-19(2,3)16-9-7-15(8-10-16)17(21)11-12-18(22)20-13-5-6-14-23-4/h7-10H,5-6,11-14H2,1-4H3,(H,20,22). The van der Waals surface area contributed by atoms with Crippen molar-refractivity contribution in [1.29, 1.82) is 0 Å². The third kappa shape index (κ3) is 7.42. The number of nitrogens with one attached hydrogen (secondary N) is 1. The molecule has 4 heteroatoms. The third-order valence-corrected chi connectivity index (χ3v) is 3.75. The van der Waals surface area contributed by atoms with Crippen molar-refractivity contribution in [2.24, 2.45) is 0 Å². The molecule has 0 aromatic heterocycles. The molecule has 0 heterocycles. The van der Waals surface area contributed by atoms with Crippen molar-refractivity contribution >= 4 is 11.7 Å². The van der Waals surface area contributed by atoms with Gasteiger partial charge in [0.15, 0.2) is 5.78 Å². The van der Waals surface area contributed by atoms with E-state index in [9.17, 15) is 9.59 Å². The van der Waals surface area contributed by atoms with E-state index < -0.39 is 0 Å². The van der Waals surface area contributed by atoms with Crippen LogP contribution in [0.2, 0.25) is 0 Å². The van der Waals surface area contributed by atoms with Gasteiger partial charge >= 0.3 is 0 Å². The Kier molecular flexibility index (Phi) is 7.96. The zero-order chi connectivity index (χ0) is 17.3. The van der Waals surface area contributed by atoms with Gasteiger partial charge in [-0.3, -0.25) is 9.59 Å². The van der Waals surface area contributed by atoms with Crippen molar-refractivity contribution in [3.05, 3.63) is 35.4 Å². The van der Waals surface area contributed by atoms with Crippen LogP contribution in [0.3, 0.4) is 0 Å². The average molecular weight is 319 g/mol. The van der Waals surface area contributed by atoms with Crippen LogP contribution in [0.15, 0.2) is 24.3 Å². The monoisotopic (exact) mass is 319 g/mol. The number of benzene rings is 1. The molecule has 1 rings (SSSR count). The molecule has 0 aliphatic rings. The smallest absolute Gasteiger partial charge is 0.220 e. The summed E-state index contributed by atoms with van der Waals surface area (Å²) in [6.07, 6.45) is 2.31. The van der Waals surface area contributed by atoms with Crippen molar-refractivity contribution < 1.29 is 14.3 Å². The summed E-state index contributed by atoms with van der Waals surface area (Å²) in [5.41, 5.74) is 1.94. The number of rotatable bonds is 9. The van der Waals surface area contributed by atoms with Crippen LogP contribution < -0.4 is 5.32 Å². The maximum Gasteiger partial charge on any atom is 0.220 e. The molecule has 0 fully saturated rings. The molecule has 0 spiro atoms. The van der Waals surface area contributed by atoms with E-state index in [1.807, 2.05) is 24.3 Å². The van der Waals surface area contributed by atoms with Crippen molar-refractivity contribution in [3.8, 4) is 0 Å². The lowest BCUT2D eigenvalue weighted by molar-refractivity contribution is -0.121. The molecule has 4 nitrogen and oxygen atoms in total. The Morgan fingerprint density at radius 3 is 2.26 bits per heavy atom. The van der Waals surface area contributed by atoms with Crippen molar-refractivity contribution in [3.63, 3.8) is 0 Å². The Morgan fingerprint density at radius 2 is 1.70 bits per heavy atom. The molecular weight excluding hydrogens is 290 g/mol. The number of methoxy groups -OCH3 is 1. The van der Waals surface area contributed by atoms with E-state index in [-0.39, 0.29) is 29.9 Å². The second-order valence-corrected chi connectivity index (χ2v) is 6.80. The van der Waals surface area contributed by atoms with E-state index in [0.717, 1.165) is 12.8 Å². The maximum absolute atomic E-state index is 12.1. The van der Waals surface area contributed by atoms with E-state index in [0.29, 0.717) is 18.7 Å². The lowest BCUT2D eigenvalue weighted by Gasteiger charge is -2.18. The zero-order valence-electron chi connectivity index (χ0n) is 14.8. The number of amides is 1. The molecule has 0 aliphatic carbocycles. The Labute approximate surface area is 139 Å². The molecule has 128 valence electrons. The number of Topliss-reactive ketones (excluding diaryl/α,β-unsaturated/α-hetero) is 1. The SMILES string of the molecule is COCCCCNC(=O)CCC(=O)c1ccc(C(C)(C)C)cc1. The van der Waals surface area contributed by atoms with Crippen LogP contribution in [0.1, 0.15) is 62.4 Å². The highest BCUT2D eigenvalue weighted by atomic mass is 16.5. The highest BCUT2D eigenvalue weighted by molar-refractivity contribution is 5.97. The number of carbonyl (C=O) groups excluding carboxylic acids is 2. The van der Waals surface area contributed by atoms with Crippen LogP contribution in [0.5, 0.6) is 0 Å². The van der Waals surface area contributed by atoms with Gasteiger partial charge in [-0.15, -0.1) is 0 Å². The van der Waals surface area contributed by atoms with Crippen molar-refractivity contribution in [2.45, 2.75) is 51.9 Å². The molecule has 0 radical (unpaired) electrons. The van der Waals surface area contributed by atoms with E-state index in [1.165, 1.54) is 5.56 Å². The summed E-state index contributed by atoms with van der Waals surface area (Å²) in [6.45, 7) is 7.76. The predicted octanol–water partition coefficient (Wildman–Crippen LogP) is 3.49. The minimum Gasteiger partial charge on any atom is -0.385 e. The van der Waals surface area contributed by atoms with Gasteiger partial charge in [0, 0.05) is 38.7 Å². The van der Waals surface area contributed by atoms with Crippen molar-refractivity contribution in [2.75, 3.05) is 20.3 Å². The van der Waals surface area contributed by atoms with Gasteiger partial charge in [-0.25, -0.2) is 0 Å². The molecule has 1 aromatic carbocycles. The Bertz CT molecular complexity index is 500. The number of carbonyl (C=O) groups is 2. The van der Waals surface area contributed by atoms with Crippen molar-refractivity contribution in [1.82, 2.24) is 5.32 Å². The van der Waals surface area contributed by atoms with Crippen LogP contribution in [-0.2, 0) is 14.9 Å². The first-order valence-electron chi connectivity index (χ1n) is 8.24. The molecular formula is C19H29NO3. The molecule has 0 atom stereocenters. The summed E-state index contributed by atoms with van der Waals surface area (Å²) in [5.74, 6) is -0.0536. The van der Waals surface area contributed by atoms with Gasteiger partial charge in [0.25, 0.3) is 0 Å². The van der Waals surface area contributed by atoms with Gasteiger partial charge in [0.1, 0.15) is 0 Å². The molecule has 0 saturated carbocycles. The number of ether oxygens (including phenoxy) is 1. The molecule has 1 aromatic rings. The van der Waals surface area contributed by atoms with E-state index >= 15 is 0 Å². The summed E-state index contributed by atoms with van der Waals surface area (Å²) >= 11 is 0. The molecule has 0 aliphatic heterocycles. The third-order valence-electron chi connectivity index (χ3n) is 3.75. The molecule has 0 bridgehead atoms. The number of unbranched alkanes of at least 4 members (excludes halogenated alkanes) is 1. The lowest BCUT2D eigenvalue weighted by atomic mass is 9.86. The summed E-state index contributed by atoms with van der Waals surface area (Å²) in [4.78, 5) is 23.8. The van der Waals surface area contributed by atoms with Crippen LogP contribution in [0, 0.1) is 0 Å². The molecule has 1 N–H and O–H groups in total. The quantitative estimate of drug-likeness (QED) is 0.560. The average Bonchev–Trinajstić information content (AvgIpc) is 2.51. The van der Waals surface area contributed by atoms with Crippen LogP contribution in [-0.4, -0.2) is 32.0 Å². The highest BCUT2D eigenvalue weighted by Crippen LogP contribution is 2.22. The summed E-state index contributed by atoms with van der Waals surface area (Å²) in [5, 5.41) is 2.83. The highest BCUT2D eigenvalue weighted by Gasteiger charge is 2.14.